The van der Waals surface area contributed by atoms with E-state index in [4.69, 9.17) is 5.73 Å². The van der Waals surface area contributed by atoms with Crippen molar-refractivity contribution in [3.63, 3.8) is 0 Å². The third-order valence-corrected chi connectivity index (χ3v) is 0.937. The molecule has 8 heavy (non-hydrogen) atoms. The molecule has 1 amide bonds. The molecule has 3 heteroatoms. The van der Waals surface area contributed by atoms with Gasteiger partial charge in [-0.3, -0.25) is 4.79 Å². The normalized spacial score (nSPS) is 13.2. The molecule has 0 radical (unpaired) electrons. The van der Waals surface area contributed by atoms with E-state index < -0.39 is 0 Å². The van der Waals surface area contributed by atoms with Gasteiger partial charge in [-0.05, 0) is 13.5 Å². The Bertz CT molecular complexity index is 82.5. The molecule has 3 N–H and O–H groups in total. The van der Waals surface area contributed by atoms with Crippen molar-refractivity contribution >= 4 is 5.91 Å². The largest absolute Gasteiger partial charge is 0.368 e. The van der Waals surface area contributed by atoms with Gasteiger partial charge in [-0.25, -0.2) is 0 Å². The second-order valence-electron chi connectivity index (χ2n) is 1.68. The molecular formula is C5H12N2O. The maximum Gasteiger partial charge on any atom is 0.234 e. The Morgan fingerprint density at radius 3 is 2.50 bits per heavy atom. The lowest BCUT2D eigenvalue weighted by atomic mass is 10.3. The molecule has 1 unspecified atom stereocenters. The molecule has 0 bridgehead atoms. The molecule has 0 aromatic heterocycles. The molecule has 0 aromatic rings. The lowest BCUT2D eigenvalue weighted by molar-refractivity contribution is -0.119. The molecule has 0 saturated carbocycles. The fourth-order valence-corrected chi connectivity index (χ4v) is 0.407. The zero-order valence-electron chi connectivity index (χ0n) is 5.27. The number of carbonyl (C=O) groups is 1. The Labute approximate surface area is 49.3 Å². The van der Waals surface area contributed by atoms with E-state index >= 15 is 0 Å². The van der Waals surface area contributed by atoms with Crippen molar-refractivity contribution in [2.75, 3.05) is 6.54 Å². The highest BCUT2D eigenvalue weighted by Crippen LogP contribution is 1.74. The van der Waals surface area contributed by atoms with Crippen LogP contribution in [0.4, 0.5) is 0 Å². The topological polar surface area (TPSA) is 55.1 Å². The summed E-state index contributed by atoms with van der Waals surface area (Å²) in [5, 5.41) is 2.87. The van der Waals surface area contributed by atoms with Crippen molar-refractivity contribution in [3.05, 3.63) is 0 Å². The Balaban J connectivity index is 3.32. The first-order valence-electron chi connectivity index (χ1n) is 2.71. The number of nitrogens with two attached hydrogens (primary N) is 1. The summed E-state index contributed by atoms with van der Waals surface area (Å²) >= 11 is 0. The van der Waals surface area contributed by atoms with Crippen LogP contribution in [-0.4, -0.2) is 18.5 Å². The monoisotopic (exact) mass is 116 g/mol. The third-order valence-electron chi connectivity index (χ3n) is 0.937. The number of likely N-dealkylation sites (N-methyl/N-ethyl adjacent to an activating group) is 1. The van der Waals surface area contributed by atoms with Crippen LogP contribution in [0.1, 0.15) is 13.8 Å². The van der Waals surface area contributed by atoms with E-state index in [2.05, 4.69) is 5.32 Å². The average molecular weight is 116 g/mol. The van der Waals surface area contributed by atoms with E-state index in [0.717, 1.165) is 6.54 Å². The van der Waals surface area contributed by atoms with E-state index in [1.54, 1.807) is 6.92 Å². The summed E-state index contributed by atoms with van der Waals surface area (Å²) in [6.07, 6.45) is 0. The number of hydrogen-bond acceptors (Lipinski definition) is 2. The van der Waals surface area contributed by atoms with Gasteiger partial charge in [0.05, 0.1) is 6.04 Å². The average Bonchev–Trinajstić information content (AvgIpc) is 1.67. The van der Waals surface area contributed by atoms with Gasteiger partial charge in [0.1, 0.15) is 0 Å². The number of carbonyl (C=O) groups excluding carboxylic acids is 1. The second-order valence-corrected chi connectivity index (χ2v) is 1.68. The van der Waals surface area contributed by atoms with Crippen molar-refractivity contribution in [2.24, 2.45) is 5.73 Å². The van der Waals surface area contributed by atoms with Gasteiger partial charge in [-0.2, -0.15) is 0 Å². The van der Waals surface area contributed by atoms with E-state index in [1.807, 2.05) is 6.92 Å². The zero-order valence-corrected chi connectivity index (χ0v) is 5.27. The Hall–Kier alpha value is -0.570. The summed E-state index contributed by atoms with van der Waals surface area (Å²) in [7, 11) is 0. The van der Waals surface area contributed by atoms with E-state index in [9.17, 15) is 4.79 Å². The van der Waals surface area contributed by atoms with Gasteiger partial charge in [-0.1, -0.05) is 6.92 Å². The van der Waals surface area contributed by atoms with Crippen LogP contribution in [0.2, 0.25) is 0 Å². The number of hydrogen-bond donors (Lipinski definition) is 2. The summed E-state index contributed by atoms with van der Waals surface area (Å²) in [5.41, 5.74) is 4.92. The quantitative estimate of drug-likeness (QED) is 0.520. The first kappa shape index (κ1) is 7.43. The van der Waals surface area contributed by atoms with Gasteiger partial charge >= 0.3 is 0 Å². The summed E-state index contributed by atoms with van der Waals surface area (Å²) in [4.78, 5) is 10.2. The van der Waals surface area contributed by atoms with Crippen LogP contribution in [0.15, 0.2) is 0 Å². The van der Waals surface area contributed by atoms with Crippen molar-refractivity contribution in [2.45, 2.75) is 19.9 Å². The standard InChI is InChI=1S/C5H12N2O/c1-3-7-4(2)5(6)8/h4,7H,3H2,1-2H3,(H2,6,8). The lowest BCUT2D eigenvalue weighted by Crippen LogP contribution is -2.38. The van der Waals surface area contributed by atoms with Crippen LogP contribution >= 0.6 is 0 Å². The Morgan fingerprint density at radius 1 is 1.88 bits per heavy atom. The molecule has 0 aliphatic rings. The predicted molar refractivity (Wildman–Crippen MR) is 32.3 cm³/mol. The van der Waals surface area contributed by atoms with Crippen LogP contribution in [0.5, 0.6) is 0 Å². The fourth-order valence-electron chi connectivity index (χ4n) is 0.407. The molecule has 0 rings (SSSR count). The van der Waals surface area contributed by atoms with Crippen molar-refractivity contribution in [1.29, 1.82) is 0 Å². The number of rotatable bonds is 3. The molecule has 0 aliphatic carbocycles. The van der Waals surface area contributed by atoms with Crippen LogP contribution in [-0.2, 0) is 4.79 Å². The highest BCUT2D eigenvalue weighted by atomic mass is 16.1. The van der Waals surface area contributed by atoms with Gasteiger partial charge in [0.25, 0.3) is 0 Å². The predicted octanol–water partition coefficient (Wildman–Crippen LogP) is -0.530. The van der Waals surface area contributed by atoms with Gasteiger partial charge in [0.2, 0.25) is 5.91 Å². The molecule has 0 saturated heterocycles. The first-order chi connectivity index (χ1) is 3.68. The van der Waals surface area contributed by atoms with Gasteiger partial charge < -0.3 is 11.1 Å². The minimum atomic E-state index is -0.299. The Morgan fingerprint density at radius 2 is 2.38 bits per heavy atom. The van der Waals surface area contributed by atoms with Crippen LogP contribution in [0.25, 0.3) is 0 Å². The minimum absolute atomic E-state index is 0.194. The van der Waals surface area contributed by atoms with Gasteiger partial charge in [0, 0.05) is 0 Å². The number of nitrogens with one attached hydrogen (secondary N) is 1. The zero-order chi connectivity index (χ0) is 6.57. The molecular weight excluding hydrogens is 104 g/mol. The van der Waals surface area contributed by atoms with E-state index in [-0.39, 0.29) is 11.9 Å². The Kier molecular flexibility index (Phi) is 3.19. The van der Waals surface area contributed by atoms with Crippen molar-refractivity contribution in [1.82, 2.24) is 5.32 Å². The highest BCUT2D eigenvalue weighted by molar-refractivity contribution is 5.79. The van der Waals surface area contributed by atoms with Gasteiger partial charge in [-0.15, -0.1) is 0 Å². The van der Waals surface area contributed by atoms with E-state index in [1.165, 1.54) is 0 Å². The maximum absolute atomic E-state index is 10.2. The molecule has 0 fully saturated rings. The summed E-state index contributed by atoms with van der Waals surface area (Å²) in [6.45, 7) is 4.45. The molecule has 48 valence electrons. The van der Waals surface area contributed by atoms with Crippen molar-refractivity contribution < 1.29 is 4.79 Å². The molecule has 0 aliphatic heterocycles. The highest BCUT2D eigenvalue weighted by Gasteiger charge is 2.03. The third kappa shape index (κ3) is 2.58. The smallest absolute Gasteiger partial charge is 0.234 e. The number of primary amides is 1. The maximum atomic E-state index is 10.2. The summed E-state index contributed by atoms with van der Waals surface area (Å²) in [6, 6.07) is -0.194. The lowest BCUT2D eigenvalue weighted by Gasteiger charge is -2.05. The SMILES string of the molecule is CCNC(C)C(N)=O. The second kappa shape index (κ2) is 3.43. The first-order valence-corrected chi connectivity index (χ1v) is 2.71. The minimum Gasteiger partial charge on any atom is -0.368 e. The molecule has 0 spiro atoms. The van der Waals surface area contributed by atoms with Crippen LogP contribution in [0, 0.1) is 0 Å². The van der Waals surface area contributed by atoms with Crippen LogP contribution < -0.4 is 11.1 Å². The number of amides is 1. The summed E-state index contributed by atoms with van der Waals surface area (Å²) in [5.74, 6) is -0.299. The van der Waals surface area contributed by atoms with Crippen molar-refractivity contribution in [3.8, 4) is 0 Å². The molecule has 0 aromatic carbocycles. The molecule has 1 atom stereocenters. The van der Waals surface area contributed by atoms with E-state index in [0.29, 0.717) is 0 Å². The molecule has 0 heterocycles. The van der Waals surface area contributed by atoms with Crippen LogP contribution in [0.3, 0.4) is 0 Å². The fraction of sp³-hybridized carbons (Fsp3) is 0.800. The molecule has 3 nitrogen and oxygen atoms in total. The van der Waals surface area contributed by atoms with Gasteiger partial charge in [0.15, 0.2) is 0 Å². The summed E-state index contributed by atoms with van der Waals surface area (Å²) < 4.78 is 0.